The number of nitrogens with zero attached hydrogens (tertiary/aromatic N) is 1. The molecule has 164 valence electrons. The number of sulfone groups is 1. The Labute approximate surface area is 196 Å². The monoisotopic (exact) mass is 486 g/mol. The minimum atomic E-state index is -3.63. The number of hydrogen-bond donors (Lipinski definition) is 1. The quantitative estimate of drug-likeness (QED) is 0.370. The van der Waals surface area contributed by atoms with Crippen LogP contribution in [0.3, 0.4) is 0 Å². The SMILES string of the molecule is Cc1ccccc1CS(=O)(=O)c1cn(CC(=O)Nc2ccc(Cl)c(Cl)c2)c2ccccc12. The molecule has 0 saturated heterocycles. The van der Waals surface area contributed by atoms with Gasteiger partial charge in [-0.1, -0.05) is 65.7 Å². The minimum absolute atomic E-state index is 0.0549. The van der Waals surface area contributed by atoms with Crippen molar-refractivity contribution < 1.29 is 13.2 Å². The Morgan fingerprint density at radius 2 is 1.69 bits per heavy atom. The van der Waals surface area contributed by atoms with E-state index in [4.69, 9.17) is 23.2 Å². The number of rotatable bonds is 6. The number of aryl methyl sites for hydroxylation is 1. The number of amides is 1. The predicted molar refractivity (Wildman–Crippen MR) is 129 cm³/mol. The molecule has 1 heterocycles. The van der Waals surface area contributed by atoms with Crippen LogP contribution in [0.4, 0.5) is 5.69 Å². The molecule has 4 rings (SSSR count). The predicted octanol–water partition coefficient (Wildman–Crippen LogP) is 5.87. The maximum Gasteiger partial charge on any atom is 0.244 e. The van der Waals surface area contributed by atoms with E-state index >= 15 is 0 Å². The minimum Gasteiger partial charge on any atom is -0.337 e. The summed E-state index contributed by atoms with van der Waals surface area (Å²) >= 11 is 11.9. The van der Waals surface area contributed by atoms with E-state index in [1.165, 1.54) is 6.20 Å². The molecule has 0 spiro atoms. The first-order chi connectivity index (χ1) is 15.2. The lowest BCUT2D eigenvalue weighted by molar-refractivity contribution is -0.116. The molecule has 0 aliphatic rings. The van der Waals surface area contributed by atoms with Gasteiger partial charge in [-0.25, -0.2) is 8.42 Å². The molecule has 0 aliphatic carbocycles. The van der Waals surface area contributed by atoms with Gasteiger partial charge in [0.15, 0.2) is 9.84 Å². The van der Waals surface area contributed by atoms with Gasteiger partial charge in [0, 0.05) is 22.8 Å². The lowest BCUT2D eigenvalue weighted by Gasteiger charge is -2.08. The first kappa shape index (κ1) is 22.4. The summed E-state index contributed by atoms with van der Waals surface area (Å²) < 4.78 is 28.2. The van der Waals surface area contributed by atoms with Crippen LogP contribution < -0.4 is 5.32 Å². The molecule has 4 aromatic rings. The van der Waals surface area contributed by atoms with E-state index in [1.807, 2.05) is 37.3 Å². The topological polar surface area (TPSA) is 68.2 Å². The second-order valence-corrected chi connectivity index (χ2v) is 10.3. The van der Waals surface area contributed by atoms with E-state index in [0.717, 1.165) is 11.1 Å². The number of anilines is 1. The summed E-state index contributed by atoms with van der Waals surface area (Å²) in [5, 5.41) is 4.08. The van der Waals surface area contributed by atoms with Gasteiger partial charge in [0.2, 0.25) is 5.91 Å². The second kappa shape index (κ2) is 8.98. The number of halogens is 2. The Balaban J connectivity index is 1.64. The summed E-state index contributed by atoms with van der Waals surface area (Å²) in [5.41, 5.74) is 2.84. The number of aromatic nitrogens is 1. The highest BCUT2D eigenvalue weighted by Gasteiger charge is 2.23. The Kier molecular flexibility index (Phi) is 6.29. The van der Waals surface area contributed by atoms with Crippen molar-refractivity contribution in [3.05, 3.63) is 94.1 Å². The van der Waals surface area contributed by atoms with Gasteiger partial charge in [0.25, 0.3) is 0 Å². The smallest absolute Gasteiger partial charge is 0.244 e. The van der Waals surface area contributed by atoms with Crippen LogP contribution in [0.1, 0.15) is 11.1 Å². The van der Waals surface area contributed by atoms with Crippen LogP contribution in [0.25, 0.3) is 10.9 Å². The van der Waals surface area contributed by atoms with Crippen LogP contribution >= 0.6 is 23.2 Å². The highest BCUT2D eigenvalue weighted by atomic mass is 35.5. The van der Waals surface area contributed by atoms with Crippen LogP contribution in [-0.4, -0.2) is 18.9 Å². The molecule has 0 radical (unpaired) electrons. The van der Waals surface area contributed by atoms with Crippen LogP contribution in [-0.2, 0) is 26.9 Å². The molecule has 5 nitrogen and oxygen atoms in total. The fraction of sp³-hybridized carbons (Fsp3) is 0.125. The third kappa shape index (κ3) is 4.67. The van der Waals surface area contributed by atoms with E-state index in [0.29, 0.717) is 26.6 Å². The molecule has 1 N–H and O–H groups in total. The first-order valence-corrected chi connectivity index (χ1v) is 12.3. The molecule has 1 aromatic heterocycles. The number of carbonyl (C=O) groups is 1. The largest absolute Gasteiger partial charge is 0.337 e. The lowest BCUT2D eigenvalue weighted by atomic mass is 10.1. The van der Waals surface area contributed by atoms with Crippen LogP contribution in [0, 0.1) is 6.92 Å². The maximum absolute atomic E-state index is 13.3. The van der Waals surface area contributed by atoms with Crippen molar-refractivity contribution in [3.63, 3.8) is 0 Å². The Hall–Kier alpha value is -2.80. The zero-order chi connectivity index (χ0) is 22.9. The summed E-state index contributed by atoms with van der Waals surface area (Å²) in [6, 6.07) is 19.4. The van der Waals surface area contributed by atoms with Crippen molar-refractivity contribution in [1.82, 2.24) is 4.57 Å². The molecule has 0 atom stereocenters. The summed E-state index contributed by atoms with van der Waals surface area (Å²) in [6.07, 6.45) is 1.53. The third-order valence-electron chi connectivity index (χ3n) is 5.21. The molecule has 32 heavy (non-hydrogen) atoms. The highest BCUT2D eigenvalue weighted by molar-refractivity contribution is 7.90. The lowest BCUT2D eigenvalue weighted by Crippen LogP contribution is -2.18. The standard InChI is InChI=1S/C24H20Cl2N2O3S/c1-16-6-2-3-7-17(16)15-32(30,31)23-13-28(22-9-5-4-8-19(22)23)14-24(29)27-18-10-11-20(25)21(26)12-18/h2-13H,14-15H2,1H3,(H,27,29). The number of benzene rings is 3. The van der Waals surface area contributed by atoms with Gasteiger partial charge < -0.3 is 9.88 Å². The number of nitrogens with one attached hydrogen (secondary N) is 1. The number of para-hydroxylation sites is 1. The van der Waals surface area contributed by atoms with Gasteiger partial charge in [-0.3, -0.25) is 4.79 Å². The van der Waals surface area contributed by atoms with Crippen molar-refractivity contribution in [1.29, 1.82) is 0 Å². The third-order valence-corrected chi connectivity index (χ3v) is 7.64. The van der Waals surface area contributed by atoms with Gasteiger partial charge in [0.05, 0.1) is 20.7 Å². The zero-order valence-electron chi connectivity index (χ0n) is 17.2. The van der Waals surface area contributed by atoms with Gasteiger partial charge in [-0.15, -0.1) is 0 Å². The van der Waals surface area contributed by atoms with E-state index < -0.39 is 9.84 Å². The van der Waals surface area contributed by atoms with E-state index in [1.54, 1.807) is 41.0 Å². The normalized spacial score (nSPS) is 11.6. The van der Waals surface area contributed by atoms with Gasteiger partial charge >= 0.3 is 0 Å². The summed E-state index contributed by atoms with van der Waals surface area (Å²) in [7, 11) is -3.63. The molecule has 0 saturated carbocycles. The number of carbonyl (C=O) groups excluding carboxylic acids is 1. The zero-order valence-corrected chi connectivity index (χ0v) is 19.5. The molecule has 0 bridgehead atoms. The van der Waals surface area contributed by atoms with Crippen molar-refractivity contribution in [3.8, 4) is 0 Å². The van der Waals surface area contributed by atoms with Crippen LogP contribution in [0.5, 0.6) is 0 Å². The highest BCUT2D eigenvalue weighted by Crippen LogP contribution is 2.29. The van der Waals surface area contributed by atoms with E-state index in [9.17, 15) is 13.2 Å². The molecular weight excluding hydrogens is 467 g/mol. The molecule has 0 aliphatic heterocycles. The second-order valence-electron chi connectivity index (χ2n) is 7.50. The van der Waals surface area contributed by atoms with E-state index in [-0.39, 0.29) is 23.1 Å². The molecule has 8 heteroatoms. The molecule has 0 fully saturated rings. The number of hydrogen-bond acceptors (Lipinski definition) is 3. The van der Waals surface area contributed by atoms with Gasteiger partial charge in [-0.2, -0.15) is 0 Å². The Morgan fingerprint density at radius 1 is 0.969 bits per heavy atom. The van der Waals surface area contributed by atoms with Crippen molar-refractivity contribution in [2.45, 2.75) is 24.1 Å². The molecule has 3 aromatic carbocycles. The summed E-state index contributed by atoms with van der Waals surface area (Å²) in [6.45, 7) is 1.84. The Morgan fingerprint density at radius 3 is 2.44 bits per heavy atom. The van der Waals surface area contributed by atoms with Crippen molar-refractivity contribution >= 4 is 55.5 Å². The summed E-state index contributed by atoms with van der Waals surface area (Å²) in [4.78, 5) is 12.9. The van der Waals surface area contributed by atoms with Crippen LogP contribution in [0.15, 0.2) is 77.8 Å². The molecular formula is C24H20Cl2N2O3S. The number of fused-ring (bicyclic) bond motifs is 1. The van der Waals surface area contributed by atoms with Crippen molar-refractivity contribution in [2.75, 3.05) is 5.32 Å². The fourth-order valence-corrected chi connectivity index (χ4v) is 5.56. The van der Waals surface area contributed by atoms with E-state index in [2.05, 4.69) is 5.32 Å². The first-order valence-electron chi connectivity index (χ1n) is 9.84. The molecule has 1 amide bonds. The molecule has 0 unspecified atom stereocenters. The fourth-order valence-electron chi connectivity index (χ4n) is 3.58. The summed E-state index contributed by atoms with van der Waals surface area (Å²) in [5.74, 6) is -0.421. The average molecular weight is 487 g/mol. The van der Waals surface area contributed by atoms with Crippen molar-refractivity contribution in [2.24, 2.45) is 0 Å². The average Bonchev–Trinajstić information content (AvgIpc) is 3.12. The van der Waals surface area contributed by atoms with Gasteiger partial charge in [0.1, 0.15) is 6.54 Å². The maximum atomic E-state index is 13.3. The van der Waals surface area contributed by atoms with Crippen LogP contribution in [0.2, 0.25) is 10.0 Å². The van der Waals surface area contributed by atoms with Gasteiger partial charge in [-0.05, 0) is 42.3 Å². The Bertz CT molecular complexity index is 1430.